The zero-order valence-corrected chi connectivity index (χ0v) is 13.9. The van der Waals surface area contributed by atoms with Crippen LogP contribution in [0.2, 0.25) is 0 Å². The second-order valence-electron chi connectivity index (χ2n) is 6.46. The van der Waals surface area contributed by atoms with Gasteiger partial charge in [-0.25, -0.2) is 9.38 Å². The van der Waals surface area contributed by atoms with Gasteiger partial charge in [-0.15, -0.1) is 0 Å². The zero-order valence-electron chi connectivity index (χ0n) is 13.9. The molecular weight excluding hydrogens is 319 g/mol. The van der Waals surface area contributed by atoms with Gasteiger partial charge in [0.2, 0.25) is 6.23 Å². The Morgan fingerprint density at radius 3 is 2.80 bits per heavy atom. The van der Waals surface area contributed by atoms with E-state index in [9.17, 15) is 9.18 Å². The normalized spacial score (nSPS) is 18.6. The summed E-state index contributed by atoms with van der Waals surface area (Å²) in [7, 11) is 0. The minimum absolute atomic E-state index is 0.278. The molecule has 1 N–H and O–H groups in total. The quantitative estimate of drug-likeness (QED) is 0.910. The molecule has 2 aromatic carbocycles. The van der Waals surface area contributed by atoms with Crippen molar-refractivity contribution in [2.24, 2.45) is 4.99 Å². The molecule has 2 aliphatic heterocycles. The average molecular weight is 336 g/mol. The molecule has 0 spiro atoms. The monoisotopic (exact) mass is 336 g/mol. The molecule has 0 saturated heterocycles. The minimum Gasteiger partial charge on any atom is -0.464 e. The van der Waals surface area contributed by atoms with E-state index in [1.165, 1.54) is 17.7 Å². The molecule has 0 radical (unpaired) electrons. The van der Waals surface area contributed by atoms with Crippen molar-refractivity contribution < 1.29 is 13.9 Å². The first-order valence-corrected chi connectivity index (χ1v) is 8.18. The Bertz CT molecular complexity index is 931. The number of halogens is 1. The van der Waals surface area contributed by atoms with Crippen molar-refractivity contribution in [3.8, 4) is 5.75 Å². The van der Waals surface area contributed by atoms with Gasteiger partial charge in [-0.2, -0.15) is 0 Å². The van der Waals surface area contributed by atoms with Gasteiger partial charge >= 0.3 is 0 Å². The summed E-state index contributed by atoms with van der Waals surface area (Å²) in [6.45, 7) is 4.23. The number of carbonyl (C=O) groups excluding carboxylic acids is 1. The van der Waals surface area contributed by atoms with Crippen LogP contribution in [0.3, 0.4) is 0 Å². The largest absolute Gasteiger partial charge is 0.464 e. The number of amidine groups is 1. The van der Waals surface area contributed by atoms with E-state index in [4.69, 9.17) is 4.74 Å². The van der Waals surface area contributed by atoms with E-state index in [1.807, 2.05) is 24.3 Å². The molecule has 1 unspecified atom stereocenters. The van der Waals surface area contributed by atoms with Crippen LogP contribution in [-0.2, 0) is 4.79 Å². The highest BCUT2D eigenvalue weighted by Crippen LogP contribution is 2.34. The van der Waals surface area contributed by atoms with Crippen LogP contribution in [-0.4, -0.2) is 18.0 Å². The number of rotatable bonds is 2. The van der Waals surface area contributed by atoms with E-state index >= 15 is 0 Å². The molecule has 0 fully saturated rings. The fourth-order valence-corrected chi connectivity index (χ4v) is 2.95. The molecule has 25 heavy (non-hydrogen) atoms. The Labute approximate surface area is 145 Å². The predicted octanol–water partition coefficient (Wildman–Crippen LogP) is 3.63. The van der Waals surface area contributed by atoms with Gasteiger partial charge in [0.15, 0.2) is 0 Å². The Hall–Kier alpha value is -2.95. The van der Waals surface area contributed by atoms with Crippen LogP contribution in [0.1, 0.15) is 36.5 Å². The highest BCUT2D eigenvalue weighted by Gasteiger charge is 2.32. The fraction of sp³-hybridized carbons (Fsp3) is 0.200. The van der Waals surface area contributed by atoms with Crippen molar-refractivity contribution in [2.45, 2.75) is 26.0 Å². The lowest BCUT2D eigenvalue weighted by molar-refractivity contribution is -0.117. The van der Waals surface area contributed by atoms with Crippen LogP contribution in [0.5, 0.6) is 5.75 Å². The molecule has 0 bridgehead atoms. The van der Waals surface area contributed by atoms with Crippen molar-refractivity contribution in [3.63, 3.8) is 0 Å². The van der Waals surface area contributed by atoms with Crippen molar-refractivity contribution in [1.82, 2.24) is 5.32 Å². The second-order valence-corrected chi connectivity index (χ2v) is 6.46. The summed E-state index contributed by atoms with van der Waals surface area (Å²) in [6.07, 6.45) is 1.10. The van der Waals surface area contributed by atoms with E-state index in [-0.39, 0.29) is 11.7 Å². The molecule has 2 aromatic rings. The van der Waals surface area contributed by atoms with Gasteiger partial charge in [0.1, 0.15) is 17.4 Å². The summed E-state index contributed by atoms with van der Waals surface area (Å²) in [5.41, 5.74) is 3.01. The number of amides is 1. The number of fused-ring (bicyclic) bond motifs is 2. The average Bonchev–Trinajstić information content (AvgIpc) is 2.59. The van der Waals surface area contributed by atoms with Gasteiger partial charge in [0, 0.05) is 11.1 Å². The van der Waals surface area contributed by atoms with Gasteiger partial charge in [0.05, 0.1) is 5.57 Å². The van der Waals surface area contributed by atoms with Crippen molar-refractivity contribution >= 4 is 17.8 Å². The van der Waals surface area contributed by atoms with Gasteiger partial charge in [-0.05, 0) is 41.8 Å². The molecule has 2 aliphatic rings. The lowest BCUT2D eigenvalue weighted by atomic mass is 9.97. The SMILES string of the molecule is CC(C)c1ccc2c(c1)C=C1C(=O)NC(c3cccc(F)c3)=NC1O2. The molecule has 0 aromatic heterocycles. The molecule has 4 rings (SSSR count). The van der Waals surface area contributed by atoms with Crippen LogP contribution in [0.15, 0.2) is 53.0 Å². The predicted molar refractivity (Wildman–Crippen MR) is 94.0 cm³/mol. The van der Waals surface area contributed by atoms with Crippen LogP contribution in [0.4, 0.5) is 4.39 Å². The number of nitrogens with one attached hydrogen (secondary N) is 1. The smallest absolute Gasteiger partial charge is 0.258 e. The molecule has 126 valence electrons. The number of aliphatic imine (C=N–C) groups is 1. The summed E-state index contributed by atoms with van der Waals surface area (Å²) >= 11 is 0. The fourth-order valence-electron chi connectivity index (χ4n) is 2.95. The van der Waals surface area contributed by atoms with E-state index in [2.05, 4.69) is 24.2 Å². The van der Waals surface area contributed by atoms with Crippen LogP contribution in [0.25, 0.3) is 6.08 Å². The number of nitrogens with zero attached hydrogens (tertiary/aromatic N) is 1. The summed E-state index contributed by atoms with van der Waals surface area (Å²) in [6, 6.07) is 11.9. The topological polar surface area (TPSA) is 50.7 Å². The first kappa shape index (κ1) is 15.6. The zero-order chi connectivity index (χ0) is 17.6. The molecule has 1 amide bonds. The third-order valence-electron chi connectivity index (χ3n) is 4.35. The number of hydrogen-bond donors (Lipinski definition) is 1. The van der Waals surface area contributed by atoms with Crippen molar-refractivity contribution in [3.05, 3.63) is 70.5 Å². The molecule has 0 aliphatic carbocycles. The molecule has 2 heterocycles. The highest BCUT2D eigenvalue weighted by atomic mass is 19.1. The molecule has 1 atom stereocenters. The van der Waals surface area contributed by atoms with Crippen LogP contribution in [0, 0.1) is 5.82 Å². The maximum atomic E-state index is 13.4. The van der Waals surface area contributed by atoms with Crippen molar-refractivity contribution in [1.29, 1.82) is 0 Å². The van der Waals surface area contributed by atoms with Gasteiger partial charge in [-0.1, -0.05) is 32.0 Å². The molecule has 0 saturated carbocycles. The summed E-state index contributed by atoms with van der Waals surface area (Å²) in [5.74, 6) is 0.732. The highest BCUT2D eigenvalue weighted by molar-refractivity contribution is 6.16. The third kappa shape index (κ3) is 2.82. The lowest BCUT2D eigenvalue weighted by Crippen LogP contribution is -2.43. The van der Waals surface area contributed by atoms with E-state index < -0.39 is 6.23 Å². The summed E-state index contributed by atoms with van der Waals surface area (Å²) in [4.78, 5) is 16.9. The first-order chi connectivity index (χ1) is 12.0. The van der Waals surface area contributed by atoms with Gasteiger partial charge in [0.25, 0.3) is 5.91 Å². The Balaban J connectivity index is 1.73. The lowest BCUT2D eigenvalue weighted by Gasteiger charge is -2.28. The van der Waals surface area contributed by atoms with E-state index in [1.54, 1.807) is 12.1 Å². The number of ether oxygens (including phenoxy) is 1. The van der Waals surface area contributed by atoms with Gasteiger partial charge in [-0.3, -0.25) is 4.79 Å². The first-order valence-electron chi connectivity index (χ1n) is 8.18. The van der Waals surface area contributed by atoms with Crippen LogP contribution >= 0.6 is 0 Å². The number of hydrogen-bond acceptors (Lipinski definition) is 3. The minimum atomic E-state index is -0.718. The van der Waals surface area contributed by atoms with E-state index in [0.29, 0.717) is 28.6 Å². The second kappa shape index (κ2) is 5.84. The Morgan fingerprint density at radius 1 is 1.20 bits per heavy atom. The maximum Gasteiger partial charge on any atom is 0.258 e. The Kier molecular flexibility index (Phi) is 3.64. The molecule has 5 heteroatoms. The maximum absolute atomic E-state index is 13.4. The standard InChI is InChI=1S/C20H17FN2O2/c1-11(2)12-6-7-17-14(8-12)10-16-19(24)22-18(23-20(16)25-17)13-4-3-5-15(21)9-13/h3-11,20H,1-2H3,(H,22,23,24). The van der Waals surface area contributed by atoms with Crippen molar-refractivity contribution in [2.75, 3.05) is 0 Å². The summed E-state index contributed by atoms with van der Waals surface area (Å²) < 4.78 is 19.4. The Morgan fingerprint density at radius 2 is 2.04 bits per heavy atom. The molecule has 4 nitrogen and oxygen atoms in total. The molecular formula is C20H17FN2O2. The third-order valence-corrected chi connectivity index (χ3v) is 4.35. The number of carbonyl (C=O) groups is 1. The van der Waals surface area contributed by atoms with Crippen LogP contribution < -0.4 is 10.1 Å². The van der Waals surface area contributed by atoms with E-state index in [0.717, 1.165) is 5.56 Å². The number of benzene rings is 2. The summed E-state index contributed by atoms with van der Waals surface area (Å²) in [5, 5.41) is 2.72. The van der Waals surface area contributed by atoms with Gasteiger partial charge < -0.3 is 10.1 Å².